The van der Waals surface area contributed by atoms with E-state index in [1.54, 1.807) is 23.4 Å². The van der Waals surface area contributed by atoms with Crippen molar-refractivity contribution in [3.8, 4) is 0 Å². The number of hydrogen-bond donors (Lipinski definition) is 1. The molecule has 0 aliphatic carbocycles. The van der Waals surface area contributed by atoms with E-state index < -0.39 is 0 Å². The van der Waals surface area contributed by atoms with E-state index in [9.17, 15) is 14.9 Å². The van der Waals surface area contributed by atoms with Gasteiger partial charge in [-0.2, -0.15) is 0 Å². The van der Waals surface area contributed by atoms with Crippen LogP contribution in [0.1, 0.15) is 18.4 Å². The van der Waals surface area contributed by atoms with Crippen molar-refractivity contribution in [1.29, 1.82) is 0 Å². The summed E-state index contributed by atoms with van der Waals surface area (Å²) >= 11 is 1.14. The van der Waals surface area contributed by atoms with E-state index in [1.165, 1.54) is 0 Å². The van der Waals surface area contributed by atoms with Gasteiger partial charge in [0.15, 0.2) is 0 Å². The Hall–Kier alpha value is -1.47. The molecule has 1 aliphatic heterocycles. The molecule has 7 heteroatoms. The number of hydrogen-bond acceptors (Lipinski definition) is 5. The normalized spacial score (nSPS) is 20.2. The van der Waals surface area contributed by atoms with Gasteiger partial charge in [0.05, 0.1) is 4.92 Å². The molecule has 1 atom stereocenters. The summed E-state index contributed by atoms with van der Waals surface area (Å²) in [5, 5.41) is 15.8. The van der Waals surface area contributed by atoms with Crippen LogP contribution in [0.2, 0.25) is 0 Å². The zero-order chi connectivity index (χ0) is 13.1. The second kappa shape index (κ2) is 5.45. The molecule has 1 unspecified atom stereocenters. The molecule has 1 aromatic heterocycles. The van der Waals surface area contributed by atoms with Gasteiger partial charge in [0.2, 0.25) is 5.91 Å². The van der Waals surface area contributed by atoms with E-state index in [0.717, 1.165) is 23.3 Å². The number of nitro groups is 1. The Morgan fingerprint density at radius 1 is 1.67 bits per heavy atom. The summed E-state index contributed by atoms with van der Waals surface area (Å²) in [5.74, 6) is 0.180. The Morgan fingerprint density at radius 3 is 3.06 bits per heavy atom. The van der Waals surface area contributed by atoms with Crippen LogP contribution < -0.4 is 5.32 Å². The number of nitrogens with one attached hydrogen (secondary N) is 1. The van der Waals surface area contributed by atoms with Gasteiger partial charge in [0.1, 0.15) is 0 Å². The summed E-state index contributed by atoms with van der Waals surface area (Å²) in [6, 6.07) is 1.86. The Morgan fingerprint density at radius 2 is 2.44 bits per heavy atom. The van der Waals surface area contributed by atoms with Crippen molar-refractivity contribution in [1.82, 2.24) is 10.2 Å². The maximum atomic E-state index is 11.3. The highest BCUT2D eigenvalue weighted by Crippen LogP contribution is 2.22. The predicted octanol–water partition coefficient (Wildman–Crippen LogP) is 1.37. The fourth-order valence-corrected chi connectivity index (χ4v) is 2.72. The molecule has 1 saturated heterocycles. The van der Waals surface area contributed by atoms with Gasteiger partial charge in [0, 0.05) is 44.0 Å². The van der Waals surface area contributed by atoms with E-state index >= 15 is 0 Å². The molecule has 18 heavy (non-hydrogen) atoms. The minimum atomic E-state index is -0.374. The summed E-state index contributed by atoms with van der Waals surface area (Å²) < 4.78 is 0. The third-order valence-corrected chi connectivity index (χ3v) is 3.97. The maximum absolute atomic E-state index is 11.3. The lowest BCUT2D eigenvalue weighted by atomic mass is 10.1. The van der Waals surface area contributed by atoms with Crippen molar-refractivity contribution in [3.63, 3.8) is 0 Å². The lowest BCUT2D eigenvalue weighted by molar-refractivity contribution is -0.380. The smallest absolute Gasteiger partial charge is 0.324 e. The number of likely N-dealkylation sites (tertiary alicyclic amines) is 1. The Balaban J connectivity index is 1.84. The van der Waals surface area contributed by atoms with Gasteiger partial charge in [-0.3, -0.25) is 14.9 Å². The van der Waals surface area contributed by atoms with Gasteiger partial charge in [-0.1, -0.05) is 11.3 Å². The zero-order valence-electron chi connectivity index (χ0n) is 10.1. The van der Waals surface area contributed by atoms with Crippen LogP contribution in [0, 0.1) is 10.1 Å². The summed E-state index contributed by atoms with van der Waals surface area (Å²) in [6.45, 7) is 1.31. The minimum absolute atomic E-state index is 0.169. The number of nitrogens with zero attached hydrogens (tertiary/aromatic N) is 2. The second-order valence-corrected chi connectivity index (χ2v) is 5.33. The highest BCUT2D eigenvalue weighted by Gasteiger charge is 2.22. The zero-order valence-corrected chi connectivity index (χ0v) is 10.9. The Bertz CT molecular complexity index is 460. The molecule has 1 aliphatic rings. The van der Waals surface area contributed by atoms with Gasteiger partial charge in [0.25, 0.3) is 0 Å². The average Bonchev–Trinajstić information content (AvgIpc) is 2.79. The molecular formula is C11H15N3O3S. The van der Waals surface area contributed by atoms with E-state index in [4.69, 9.17) is 0 Å². The molecule has 0 radical (unpaired) electrons. The topological polar surface area (TPSA) is 75.5 Å². The average molecular weight is 269 g/mol. The van der Waals surface area contributed by atoms with E-state index in [1.807, 2.05) is 0 Å². The molecule has 0 aromatic carbocycles. The molecule has 6 nitrogen and oxygen atoms in total. The van der Waals surface area contributed by atoms with Crippen molar-refractivity contribution in [2.45, 2.75) is 25.4 Å². The molecule has 98 valence electrons. The third-order valence-electron chi connectivity index (χ3n) is 3.04. The van der Waals surface area contributed by atoms with Crippen molar-refractivity contribution in [3.05, 3.63) is 27.1 Å². The molecule has 1 N–H and O–H groups in total. The standard InChI is InChI=1S/C11H15N3O3S/c1-13-6-9(2-3-10(13)15)12-5-8-4-11(14(16)17)18-7-8/h4,7,9,12H,2-3,5-6H2,1H3. The number of thiophene rings is 1. The lowest BCUT2D eigenvalue weighted by Gasteiger charge is -2.30. The molecular weight excluding hydrogens is 254 g/mol. The van der Waals surface area contributed by atoms with Crippen molar-refractivity contribution in [2.24, 2.45) is 0 Å². The number of carbonyl (C=O) groups is 1. The monoisotopic (exact) mass is 269 g/mol. The van der Waals surface area contributed by atoms with Crippen molar-refractivity contribution >= 4 is 22.2 Å². The second-order valence-electron chi connectivity index (χ2n) is 4.44. The number of likely N-dealkylation sites (N-methyl/N-ethyl adjacent to an activating group) is 1. The minimum Gasteiger partial charge on any atom is -0.344 e. The number of carbonyl (C=O) groups excluding carboxylic acids is 1. The van der Waals surface area contributed by atoms with E-state index in [2.05, 4.69) is 5.32 Å². The highest BCUT2D eigenvalue weighted by molar-refractivity contribution is 7.13. The fourth-order valence-electron chi connectivity index (χ4n) is 1.99. The van der Waals surface area contributed by atoms with Crippen LogP contribution in [0.5, 0.6) is 0 Å². The number of piperidine rings is 1. The number of amides is 1. The molecule has 0 spiro atoms. The molecule has 2 rings (SSSR count). The van der Waals surface area contributed by atoms with Gasteiger partial charge in [-0.05, 0) is 12.0 Å². The van der Waals surface area contributed by atoms with Gasteiger partial charge >= 0.3 is 5.00 Å². The van der Waals surface area contributed by atoms with Crippen LogP contribution in [0.25, 0.3) is 0 Å². The lowest BCUT2D eigenvalue weighted by Crippen LogP contribution is -2.46. The van der Waals surface area contributed by atoms with Crippen LogP contribution in [0.3, 0.4) is 0 Å². The maximum Gasteiger partial charge on any atom is 0.324 e. The Labute approximate surface area is 109 Å². The summed E-state index contributed by atoms with van der Waals surface area (Å²) in [6.07, 6.45) is 1.40. The Kier molecular flexibility index (Phi) is 3.93. The molecule has 0 bridgehead atoms. The summed E-state index contributed by atoms with van der Waals surface area (Å²) in [4.78, 5) is 23.2. The van der Waals surface area contributed by atoms with Gasteiger partial charge in [-0.25, -0.2) is 0 Å². The number of rotatable bonds is 4. The third kappa shape index (κ3) is 3.05. The van der Waals surface area contributed by atoms with E-state index in [-0.39, 0.29) is 21.9 Å². The van der Waals surface area contributed by atoms with Gasteiger partial charge in [-0.15, -0.1) is 0 Å². The van der Waals surface area contributed by atoms with Crippen LogP contribution in [0.15, 0.2) is 11.4 Å². The summed E-state index contributed by atoms with van der Waals surface area (Å²) in [5.41, 5.74) is 0.922. The van der Waals surface area contributed by atoms with Crippen molar-refractivity contribution in [2.75, 3.05) is 13.6 Å². The quantitative estimate of drug-likeness (QED) is 0.661. The van der Waals surface area contributed by atoms with Gasteiger partial charge < -0.3 is 10.2 Å². The SMILES string of the molecule is CN1CC(NCc2csc([N+](=O)[O-])c2)CCC1=O. The largest absolute Gasteiger partial charge is 0.344 e. The predicted molar refractivity (Wildman–Crippen MR) is 68.5 cm³/mol. The molecule has 1 fully saturated rings. The van der Waals surface area contributed by atoms with Crippen LogP contribution in [0.4, 0.5) is 5.00 Å². The van der Waals surface area contributed by atoms with Crippen LogP contribution in [-0.4, -0.2) is 35.4 Å². The fraction of sp³-hybridized carbons (Fsp3) is 0.545. The van der Waals surface area contributed by atoms with Crippen LogP contribution >= 0.6 is 11.3 Å². The first-order valence-electron chi connectivity index (χ1n) is 5.75. The molecule has 1 amide bonds. The first-order valence-corrected chi connectivity index (χ1v) is 6.63. The first kappa shape index (κ1) is 13.0. The molecule has 2 heterocycles. The molecule has 0 saturated carbocycles. The summed E-state index contributed by atoms with van der Waals surface area (Å²) in [7, 11) is 1.80. The highest BCUT2D eigenvalue weighted by atomic mass is 32.1. The van der Waals surface area contributed by atoms with Crippen molar-refractivity contribution < 1.29 is 9.72 Å². The molecule has 1 aromatic rings. The van der Waals surface area contributed by atoms with Crippen LogP contribution in [-0.2, 0) is 11.3 Å². The van der Waals surface area contributed by atoms with E-state index in [0.29, 0.717) is 19.5 Å². The first-order chi connectivity index (χ1) is 8.56.